The zero-order valence-electron chi connectivity index (χ0n) is 65.2. The van der Waals surface area contributed by atoms with E-state index in [0.717, 1.165) is 186 Å². The largest absolute Gasteiger partial charge is 0.472 e. The van der Waals surface area contributed by atoms with Gasteiger partial charge in [0.1, 0.15) is 19.3 Å². The van der Waals surface area contributed by atoms with E-state index in [9.17, 15) is 43.2 Å². The van der Waals surface area contributed by atoms with Gasteiger partial charge in [-0.05, 0) is 161 Å². The number of esters is 4. The molecule has 0 aliphatic carbocycles. The summed E-state index contributed by atoms with van der Waals surface area (Å²) in [5.74, 6) is -2.25. The van der Waals surface area contributed by atoms with E-state index >= 15 is 0 Å². The van der Waals surface area contributed by atoms with Crippen molar-refractivity contribution >= 4 is 39.5 Å². The molecule has 0 bridgehead atoms. The highest BCUT2D eigenvalue weighted by atomic mass is 31.2. The van der Waals surface area contributed by atoms with E-state index < -0.39 is 97.5 Å². The van der Waals surface area contributed by atoms with Crippen molar-refractivity contribution in [3.8, 4) is 0 Å². The van der Waals surface area contributed by atoms with Crippen molar-refractivity contribution in [1.82, 2.24) is 0 Å². The number of phosphoric acid groups is 2. The predicted octanol–water partition coefficient (Wildman–Crippen LogP) is 23.7. The zero-order valence-corrected chi connectivity index (χ0v) is 66.9. The first-order valence-corrected chi connectivity index (χ1v) is 43.4. The number of ether oxygens (including phenoxy) is 4. The molecule has 0 spiro atoms. The molecule has 0 amide bonds. The molecule has 104 heavy (non-hydrogen) atoms. The predicted molar refractivity (Wildman–Crippen MR) is 427 cm³/mol. The molecule has 0 aromatic heterocycles. The van der Waals surface area contributed by atoms with Crippen molar-refractivity contribution in [3.05, 3.63) is 134 Å². The number of rotatable bonds is 75. The fourth-order valence-corrected chi connectivity index (χ4v) is 12.0. The van der Waals surface area contributed by atoms with Crippen LogP contribution >= 0.6 is 15.6 Å². The highest BCUT2D eigenvalue weighted by Crippen LogP contribution is 2.45. The van der Waals surface area contributed by atoms with Gasteiger partial charge in [0.25, 0.3) is 0 Å². The van der Waals surface area contributed by atoms with Gasteiger partial charge in [-0.25, -0.2) is 9.13 Å². The summed E-state index contributed by atoms with van der Waals surface area (Å²) in [6.45, 7) is 4.55. The van der Waals surface area contributed by atoms with Crippen LogP contribution in [0.15, 0.2) is 134 Å². The topological polar surface area (TPSA) is 237 Å². The van der Waals surface area contributed by atoms with E-state index in [0.29, 0.717) is 25.7 Å². The molecule has 0 saturated carbocycles. The lowest BCUT2D eigenvalue weighted by molar-refractivity contribution is -0.161. The lowest BCUT2D eigenvalue weighted by Gasteiger charge is -2.21. The fourth-order valence-electron chi connectivity index (χ4n) is 10.5. The Morgan fingerprint density at radius 2 is 0.500 bits per heavy atom. The summed E-state index contributed by atoms with van der Waals surface area (Å²) in [6, 6.07) is 0. The molecule has 596 valence electrons. The summed E-state index contributed by atoms with van der Waals surface area (Å²) < 4.78 is 68.6. The summed E-state index contributed by atoms with van der Waals surface area (Å²) in [4.78, 5) is 73.1. The SMILES string of the molecule is CC/C=C\C/C=C\C/C=C\C/C=C\CCCCCCC(=O)OCC(COP(=O)(O)OCC(O)COP(=O)(O)OCC(COC(=O)CCCCCC/C=C\C/C=C\C/C=C\C/C=C\CC)OC(=O)CCCCCCC/C=C\CCCCCCCC)OC(=O)CCCCCCC/C=C\C/C=C\CCCCC. The Labute approximate surface area is 631 Å². The van der Waals surface area contributed by atoms with Gasteiger partial charge in [-0.1, -0.05) is 271 Å². The Kier molecular flexibility index (Phi) is 72.9. The standard InChI is InChI=1S/C85H144O17P2/c1-5-9-13-17-21-25-29-33-37-39-43-45-49-53-57-61-65-69-82(87)95-75-80(101-84(89)71-67-63-59-55-51-47-41-35-31-27-23-19-15-11-7-3)77-99-103(91,92)97-73-79(86)74-98-104(93,94)100-78-81(102-85(90)72-68-64-60-56-52-48-42-36-32-28-24-20-16-12-8-4)76-96-83(88)70-66-62-58-54-50-46-44-40-38-34-30-26-22-18-14-10-6-2/h9-10,13-14,21-23,25-27,33-38,41-46,79-81,86H,5-8,11-12,15-20,24,28-32,39-40,47-78H2,1-4H3,(H,91,92)(H,93,94)/b13-9-,14-10-,25-21-,26-22-,27-23-,37-33-,38-34-,41-35-,42-36-,45-43-,46-44-. The summed E-state index contributed by atoms with van der Waals surface area (Å²) in [5.41, 5.74) is 0. The smallest absolute Gasteiger partial charge is 0.462 e. The molecular formula is C85H144O17P2. The van der Waals surface area contributed by atoms with Crippen molar-refractivity contribution in [2.75, 3.05) is 39.6 Å². The first-order valence-electron chi connectivity index (χ1n) is 40.4. The molecule has 5 unspecified atom stereocenters. The van der Waals surface area contributed by atoms with E-state index in [-0.39, 0.29) is 25.7 Å². The number of carbonyl (C=O) groups excluding carboxylic acids is 4. The molecule has 5 atom stereocenters. The van der Waals surface area contributed by atoms with Crippen molar-refractivity contribution in [2.24, 2.45) is 0 Å². The van der Waals surface area contributed by atoms with Gasteiger partial charge in [-0.2, -0.15) is 0 Å². The molecule has 19 heteroatoms. The lowest BCUT2D eigenvalue weighted by atomic mass is 10.1. The van der Waals surface area contributed by atoms with Crippen LogP contribution in [0.2, 0.25) is 0 Å². The maximum absolute atomic E-state index is 13.1. The lowest BCUT2D eigenvalue weighted by Crippen LogP contribution is -2.30. The molecule has 0 rings (SSSR count). The molecule has 0 aromatic rings. The fraction of sp³-hybridized carbons (Fsp3) is 0.694. The molecule has 0 aliphatic rings. The average molecular weight is 1500 g/mol. The van der Waals surface area contributed by atoms with Crippen LogP contribution in [0.4, 0.5) is 0 Å². The monoisotopic (exact) mass is 1500 g/mol. The maximum atomic E-state index is 13.1. The normalized spacial score (nSPS) is 14.6. The minimum absolute atomic E-state index is 0.0699. The molecule has 0 radical (unpaired) electrons. The van der Waals surface area contributed by atoms with Crippen molar-refractivity contribution in [3.63, 3.8) is 0 Å². The van der Waals surface area contributed by atoms with E-state index in [1.54, 1.807) is 0 Å². The highest BCUT2D eigenvalue weighted by molar-refractivity contribution is 7.47. The second-order valence-electron chi connectivity index (χ2n) is 26.6. The average Bonchev–Trinajstić information content (AvgIpc) is 0.937. The van der Waals surface area contributed by atoms with Crippen LogP contribution in [-0.2, 0) is 65.4 Å². The van der Waals surface area contributed by atoms with Crippen molar-refractivity contribution in [2.45, 2.75) is 341 Å². The van der Waals surface area contributed by atoms with Crippen molar-refractivity contribution < 1.29 is 80.2 Å². The molecule has 0 fully saturated rings. The number of phosphoric ester groups is 2. The Morgan fingerprint density at radius 3 is 0.798 bits per heavy atom. The van der Waals surface area contributed by atoms with Crippen LogP contribution < -0.4 is 0 Å². The number of aliphatic hydroxyl groups is 1. The molecule has 0 saturated heterocycles. The van der Waals surface area contributed by atoms with Crippen molar-refractivity contribution in [1.29, 1.82) is 0 Å². The number of allylic oxidation sites excluding steroid dienone is 22. The molecular weight excluding hydrogens is 1350 g/mol. The van der Waals surface area contributed by atoms with Gasteiger partial charge in [0.05, 0.1) is 26.4 Å². The van der Waals surface area contributed by atoms with Gasteiger partial charge in [0.15, 0.2) is 12.2 Å². The third kappa shape index (κ3) is 75.4. The molecule has 0 aliphatic heterocycles. The van der Waals surface area contributed by atoms with Gasteiger partial charge in [0.2, 0.25) is 0 Å². The second-order valence-corrected chi connectivity index (χ2v) is 29.5. The number of hydrogen-bond donors (Lipinski definition) is 3. The number of hydrogen-bond acceptors (Lipinski definition) is 15. The second kappa shape index (κ2) is 76.4. The number of aliphatic hydroxyl groups excluding tert-OH is 1. The van der Waals surface area contributed by atoms with Gasteiger partial charge in [-0.15, -0.1) is 0 Å². The Bertz CT molecular complexity index is 2490. The summed E-state index contributed by atoms with van der Waals surface area (Å²) >= 11 is 0. The van der Waals surface area contributed by atoms with Crippen LogP contribution in [0.5, 0.6) is 0 Å². The Balaban J connectivity index is 5.43. The van der Waals surface area contributed by atoms with Crippen LogP contribution in [0.25, 0.3) is 0 Å². The van der Waals surface area contributed by atoms with Crippen LogP contribution in [0, 0.1) is 0 Å². The van der Waals surface area contributed by atoms with E-state index in [4.69, 9.17) is 37.0 Å². The Hall–Kier alpha value is -4.80. The summed E-state index contributed by atoms with van der Waals surface area (Å²) in [7, 11) is -9.98. The summed E-state index contributed by atoms with van der Waals surface area (Å²) in [5, 5.41) is 10.6. The van der Waals surface area contributed by atoms with Crippen LogP contribution in [0.1, 0.15) is 323 Å². The van der Waals surface area contributed by atoms with Gasteiger partial charge < -0.3 is 33.8 Å². The zero-order chi connectivity index (χ0) is 76.0. The number of unbranched alkanes of at least 4 members (excludes halogenated alkanes) is 27. The van der Waals surface area contributed by atoms with Crippen LogP contribution in [-0.4, -0.2) is 96.7 Å². The molecule has 0 heterocycles. The van der Waals surface area contributed by atoms with Crippen LogP contribution in [0.3, 0.4) is 0 Å². The van der Waals surface area contributed by atoms with Gasteiger partial charge in [-0.3, -0.25) is 37.3 Å². The molecule has 0 aromatic carbocycles. The van der Waals surface area contributed by atoms with E-state index in [1.165, 1.54) is 57.8 Å². The van der Waals surface area contributed by atoms with E-state index in [2.05, 4.69) is 161 Å². The van der Waals surface area contributed by atoms with Gasteiger partial charge in [0, 0.05) is 25.7 Å². The summed E-state index contributed by atoms with van der Waals surface area (Å²) in [6.07, 6.45) is 85.6. The molecule has 3 N–H and O–H groups in total. The molecule has 17 nitrogen and oxygen atoms in total. The first kappa shape index (κ1) is 99.2. The number of carbonyl (C=O) groups is 4. The third-order valence-electron chi connectivity index (χ3n) is 16.6. The minimum atomic E-state index is -4.99. The minimum Gasteiger partial charge on any atom is -0.462 e. The first-order chi connectivity index (χ1) is 50.7. The maximum Gasteiger partial charge on any atom is 0.472 e. The quantitative estimate of drug-likeness (QED) is 0.0169. The third-order valence-corrected chi connectivity index (χ3v) is 18.5. The highest BCUT2D eigenvalue weighted by Gasteiger charge is 2.30. The van der Waals surface area contributed by atoms with E-state index in [1.807, 2.05) is 0 Å². The Morgan fingerprint density at radius 1 is 0.279 bits per heavy atom. The van der Waals surface area contributed by atoms with Gasteiger partial charge >= 0.3 is 39.5 Å².